The molecule has 0 unspecified atom stereocenters. The molecule has 0 aliphatic heterocycles. The summed E-state index contributed by atoms with van der Waals surface area (Å²) >= 11 is 0. The van der Waals surface area contributed by atoms with Crippen molar-refractivity contribution in [3.05, 3.63) is 29.8 Å². The molecule has 18 heavy (non-hydrogen) atoms. The fraction of sp³-hybridized carbons (Fsp3) is 0.500. The number of carbonyl (C=O) groups excluding carboxylic acids is 1. The third-order valence-electron chi connectivity index (χ3n) is 2.57. The summed E-state index contributed by atoms with van der Waals surface area (Å²) in [6.07, 6.45) is 2.19. The average Bonchev–Trinajstić information content (AvgIpc) is 2.36. The van der Waals surface area contributed by atoms with Crippen molar-refractivity contribution >= 4 is 11.7 Å². The number of urea groups is 1. The van der Waals surface area contributed by atoms with Gasteiger partial charge in [0.25, 0.3) is 0 Å². The van der Waals surface area contributed by atoms with E-state index in [-0.39, 0.29) is 6.03 Å². The standard InChI is InChI=1S/C14H22N2O2/c1-3-4-10-18-11-9-15-14(17)16-13-8-6-5-7-12(13)2/h5-8H,3-4,9-11H2,1-2H3,(H2,15,16,17). The summed E-state index contributed by atoms with van der Waals surface area (Å²) in [5, 5.41) is 5.57. The van der Waals surface area contributed by atoms with E-state index in [1.165, 1.54) is 0 Å². The normalized spacial score (nSPS) is 10.1. The van der Waals surface area contributed by atoms with Crippen LogP contribution >= 0.6 is 0 Å². The van der Waals surface area contributed by atoms with Crippen molar-refractivity contribution in [2.45, 2.75) is 26.7 Å². The maximum absolute atomic E-state index is 11.6. The van der Waals surface area contributed by atoms with Gasteiger partial charge in [0.1, 0.15) is 0 Å². The van der Waals surface area contributed by atoms with Gasteiger partial charge in [-0.15, -0.1) is 0 Å². The number of hydrogen-bond acceptors (Lipinski definition) is 2. The van der Waals surface area contributed by atoms with E-state index in [0.717, 1.165) is 30.7 Å². The van der Waals surface area contributed by atoms with Crippen LogP contribution in [0.15, 0.2) is 24.3 Å². The molecule has 1 rings (SSSR count). The first-order valence-corrected chi connectivity index (χ1v) is 6.42. The van der Waals surface area contributed by atoms with E-state index in [2.05, 4.69) is 17.6 Å². The van der Waals surface area contributed by atoms with Gasteiger partial charge in [0, 0.05) is 18.8 Å². The van der Waals surface area contributed by atoms with Crippen LogP contribution in [0.25, 0.3) is 0 Å². The summed E-state index contributed by atoms with van der Waals surface area (Å²) in [5.74, 6) is 0. The van der Waals surface area contributed by atoms with E-state index in [0.29, 0.717) is 13.2 Å². The zero-order chi connectivity index (χ0) is 13.2. The van der Waals surface area contributed by atoms with Gasteiger partial charge >= 0.3 is 6.03 Å². The predicted molar refractivity (Wildman–Crippen MR) is 73.9 cm³/mol. The Morgan fingerprint density at radius 2 is 2.06 bits per heavy atom. The maximum atomic E-state index is 11.6. The third kappa shape index (κ3) is 5.68. The van der Waals surface area contributed by atoms with E-state index in [4.69, 9.17) is 4.74 Å². The Bertz CT molecular complexity index is 367. The molecule has 1 aromatic carbocycles. The van der Waals surface area contributed by atoms with Gasteiger partial charge in [-0.2, -0.15) is 0 Å². The number of para-hydroxylation sites is 1. The number of nitrogens with one attached hydrogen (secondary N) is 2. The van der Waals surface area contributed by atoms with Crippen LogP contribution in [0.3, 0.4) is 0 Å². The second-order valence-electron chi connectivity index (χ2n) is 4.16. The molecule has 0 saturated heterocycles. The number of amides is 2. The Hall–Kier alpha value is -1.55. The predicted octanol–water partition coefficient (Wildman–Crippen LogP) is 2.93. The molecule has 2 amide bonds. The lowest BCUT2D eigenvalue weighted by Crippen LogP contribution is -2.31. The van der Waals surface area contributed by atoms with E-state index in [9.17, 15) is 4.79 Å². The molecule has 1 aromatic rings. The molecular formula is C14H22N2O2. The Morgan fingerprint density at radius 3 is 2.78 bits per heavy atom. The number of hydrogen-bond donors (Lipinski definition) is 2. The summed E-state index contributed by atoms with van der Waals surface area (Å²) in [6.45, 7) is 5.93. The largest absolute Gasteiger partial charge is 0.380 e. The lowest BCUT2D eigenvalue weighted by molar-refractivity contribution is 0.134. The van der Waals surface area contributed by atoms with Crippen LogP contribution in [0.4, 0.5) is 10.5 Å². The van der Waals surface area contributed by atoms with Gasteiger partial charge in [-0.3, -0.25) is 0 Å². The zero-order valence-electron chi connectivity index (χ0n) is 11.2. The summed E-state index contributed by atoms with van der Waals surface area (Å²) in [5.41, 5.74) is 1.88. The molecule has 0 fully saturated rings. The smallest absolute Gasteiger partial charge is 0.319 e. The Balaban J connectivity index is 2.16. The SMILES string of the molecule is CCCCOCCNC(=O)Nc1ccccc1C. The summed E-state index contributed by atoms with van der Waals surface area (Å²) in [6, 6.07) is 7.50. The molecule has 100 valence electrons. The summed E-state index contributed by atoms with van der Waals surface area (Å²) in [4.78, 5) is 11.6. The molecule has 0 spiro atoms. The van der Waals surface area contributed by atoms with Gasteiger partial charge in [-0.1, -0.05) is 31.5 Å². The molecule has 0 saturated carbocycles. The van der Waals surface area contributed by atoms with Crippen molar-refractivity contribution in [2.24, 2.45) is 0 Å². The quantitative estimate of drug-likeness (QED) is 0.731. The van der Waals surface area contributed by atoms with Crippen molar-refractivity contribution in [3.8, 4) is 0 Å². The first-order valence-electron chi connectivity index (χ1n) is 6.42. The van der Waals surface area contributed by atoms with Crippen molar-refractivity contribution in [1.82, 2.24) is 5.32 Å². The number of anilines is 1. The van der Waals surface area contributed by atoms with E-state index < -0.39 is 0 Å². The van der Waals surface area contributed by atoms with Crippen LogP contribution in [-0.2, 0) is 4.74 Å². The van der Waals surface area contributed by atoms with E-state index in [1.54, 1.807) is 0 Å². The highest BCUT2D eigenvalue weighted by molar-refractivity contribution is 5.89. The van der Waals surface area contributed by atoms with Gasteiger partial charge in [-0.05, 0) is 25.0 Å². The van der Waals surface area contributed by atoms with E-state index in [1.807, 2.05) is 31.2 Å². The van der Waals surface area contributed by atoms with Crippen molar-refractivity contribution in [2.75, 3.05) is 25.1 Å². The first-order chi connectivity index (χ1) is 8.74. The minimum atomic E-state index is -0.191. The lowest BCUT2D eigenvalue weighted by atomic mass is 10.2. The van der Waals surface area contributed by atoms with Crippen LogP contribution < -0.4 is 10.6 Å². The maximum Gasteiger partial charge on any atom is 0.319 e. The number of benzene rings is 1. The highest BCUT2D eigenvalue weighted by Crippen LogP contribution is 2.12. The molecule has 4 heteroatoms. The van der Waals surface area contributed by atoms with Crippen LogP contribution in [0.5, 0.6) is 0 Å². The number of carbonyl (C=O) groups is 1. The van der Waals surface area contributed by atoms with Gasteiger partial charge in [-0.25, -0.2) is 4.79 Å². The molecule has 0 heterocycles. The molecule has 4 nitrogen and oxygen atoms in total. The topological polar surface area (TPSA) is 50.4 Å². The lowest BCUT2D eigenvalue weighted by Gasteiger charge is -2.09. The molecule has 0 aromatic heterocycles. The molecular weight excluding hydrogens is 228 g/mol. The fourth-order valence-corrected chi connectivity index (χ4v) is 1.46. The van der Waals surface area contributed by atoms with Gasteiger partial charge < -0.3 is 15.4 Å². The van der Waals surface area contributed by atoms with Crippen molar-refractivity contribution in [3.63, 3.8) is 0 Å². The third-order valence-corrected chi connectivity index (χ3v) is 2.57. The van der Waals surface area contributed by atoms with Gasteiger partial charge in [0.15, 0.2) is 0 Å². The Morgan fingerprint density at radius 1 is 1.28 bits per heavy atom. The molecule has 0 aliphatic rings. The zero-order valence-corrected chi connectivity index (χ0v) is 11.2. The minimum absolute atomic E-state index is 0.191. The molecule has 0 atom stereocenters. The summed E-state index contributed by atoms with van der Waals surface area (Å²) < 4.78 is 5.36. The number of ether oxygens (including phenoxy) is 1. The molecule has 2 N–H and O–H groups in total. The fourth-order valence-electron chi connectivity index (χ4n) is 1.46. The molecule has 0 aliphatic carbocycles. The second-order valence-corrected chi connectivity index (χ2v) is 4.16. The minimum Gasteiger partial charge on any atom is -0.380 e. The number of rotatable bonds is 7. The van der Waals surface area contributed by atoms with Crippen LogP contribution in [0.2, 0.25) is 0 Å². The highest BCUT2D eigenvalue weighted by Gasteiger charge is 2.02. The van der Waals surface area contributed by atoms with Crippen molar-refractivity contribution < 1.29 is 9.53 Å². The number of aryl methyl sites for hydroxylation is 1. The highest BCUT2D eigenvalue weighted by atomic mass is 16.5. The Labute approximate surface area is 109 Å². The molecule has 0 bridgehead atoms. The Kier molecular flexibility index (Phi) is 6.87. The van der Waals surface area contributed by atoms with Gasteiger partial charge in [0.05, 0.1) is 6.61 Å². The number of unbranched alkanes of at least 4 members (excludes halogenated alkanes) is 1. The van der Waals surface area contributed by atoms with Gasteiger partial charge in [0.2, 0.25) is 0 Å². The summed E-state index contributed by atoms with van der Waals surface area (Å²) in [7, 11) is 0. The van der Waals surface area contributed by atoms with Crippen LogP contribution in [-0.4, -0.2) is 25.8 Å². The van der Waals surface area contributed by atoms with Crippen LogP contribution in [0, 0.1) is 6.92 Å². The first kappa shape index (κ1) is 14.5. The second kappa shape index (κ2) is 8.53. The van der Waals surface area contributed by atoms with E-state index >= 15 is 0 Å². The van der Waals surface area contributed by atoms with Crippen LogP contribution in [0.1, 0.15) is 25.3 Å². The average molecular weight is 250 g/mol. The van der Waals surface area contributed by atoms with Crippen molar-refractivity contribution in [1.29, 1.82) is 0 Å². The monoisotopic (exact) mass is 250 g/mol. The molecule has 0 radical (unpaired) electrons.